The molecule has 0 radical (unpaired) electrons. The Balaban J connectivity index is 2.90. The fourth-order valence-electron chi connectivity index (χ4n) is 3.15. The number of hydrogen-bond acceptors (Lipinski definition) is 7. The molecular formula is C19H33N3O6S. The van der Waals surface area contributed by atoms with Gasteiger partial charge in [0.15, 0.2) is 6.10 Å². The summed E-state index contributed by atoms with van der Waals surface area (Å²) in [5, 5.41) is 13.9. The first-order valence-electron chi connectivity index (χ1n) is 10.0. The van der Waals surface area contributed by atoms with E-state index in [1.54, 1.807) is 0 Å². The van der Waals surface area contributed by atoms with Gasteiger partial charge in [-0.05, 0) is 25.2 Å². The Hall–Kier alpha value is -1.81. The molecule has 0 aromatic rings. The molecule has 3 amide bonds. The number of aliphatic hydroxyl groups excluding tert-OH is 1. The number of hydrogen-bond donors (Lipinski definition) is 4. The molecule has 0 saturated carbocycles. The molecule has 0 spiro atoms. The average molecular weight is 432 g/mol. The lowest BCUT2D eigenvalue weighted by molar-refractivity contribution is -0.152. The van der Waals surface area contributed by atoms with Crippen LogP contribution in [-0.4, -0.2) is 77.3 Å². The summed E-state index contributed by atoms with van der Waals surface area (Å²) in [7, 11) is 1.27. The summed E-state index contributed by atoms with van der Waals surface area (Å²) < 4.78 is 4.78. The van der Waals surface area contributed by atoms with Crippen LogP contribution in [0.25, 0.3) is 0 Å². The number of ether oxygens (including phenoxy) is 1. The van der Waals surface area contributed by atoms with Gasteiger partial charge in [-0.15, -0.1) is 0 Å². The van der Waals surface area contributed by atoms with E-state index in [-0.39, 0.29) is 11.8 Å². The van der Waals surface area contributed by atoms with E-state index in [1.807, 2.05) is 20.8 Å². The number of aliphatic hydroxyl groups is 1. The Morgan fingerprint density at radius 1 is 1.24 bits per heavy atom. The van der Waals surface area contributed by atoms with Gasteiger partial charge in [-0.1, -0.05) is 27.2 Å². The number of rotatable bonds is 10. The van der Waals surface area contributed by atoms with Gasteiger partial charge in [-0.2, -0.15) is 12.6 Å². The molecule has 29 heavy (non-hydrogen) atoms. The van der Waals surface area contributed by atoms with Crippen molar-refractivity contribution in [2.24, 2.45) is 5.92 Å². The number of thiol groups is 1. The van der Waals surface area contributed by atoms with Gasteiger partial charge in [-0.25, -0.2) is 4.79 Å². The van der Waals surface area contributed by atoms with Crippen molar-refractivity contribution < 1.29 is 29.0 Å². The summed E-state index contributed by atoms with van der Waals surface area (Å²) >= 11 is 4.08. The summed E-state index contributed by atoms with van der Waals surface area (Å²) in [4.78, 5) is 51.0. The zero-order valence-corrected chi connectivity index (χ0v) is 18.4. The first-order chi connectivity index (χ1) is 13.7. The van der Waals surface area contributed by atoms with Gasteiger partial charge in [-0.3, -0.25) is 14.4 Å². The Morgan fingerprint density at radius 3 is 2.45 bits per heavy atom. The molecule has 0 aliphatic carbocycles. The minimum Gasteiger partial charge on any atom is -0.467 e. The Morgan fingerprint density at radius 2 is 1.90 bits per heavy atom. The van der Waals surface area contributed by atoms with Crippen LogP contribution in [-0.2, 0) is 23.9 Å². The van der Waals surface area contributed by atoms with E-state index >= 15 is 0 Å². The molecule has 0 bridgehead atoms. The van der Waals surface area contributed by atoms with Gasteiger partial charge in [0.2, 0.25) is 11.8 Å². The van der Waals surface area contributed by atoms with E-state index in [4.69, 9.17) is 4.74 Å². The zero-order valence-electron chi connectivity index (χ0n) is 17.5. The third-order valence-corrected chi connectivity index (χ3v) is 5.69. The molecule has 166 valence electrons. The number of carbonyl (C=O) groups excluding carboxylic acids is 4. The Labute approximate surface area is 177 Å². The number of methoxy groups -OCH3 is 1. The lowest BCUT2D eigenvalue weighted by Gasteiger charge is -2.31. The fourth-order valence-corrected chi connectivity index (χ4v) is 3.36. The standard InChI is InChI=1S/C19H33N3O6S/c1-5-9-20-16(24)14(23)15(29)17(25)21-13(11(3)6-2)18(26)22-10-7-8-12(22)19(27)28-4/h11-15,23,29H,5-10H2,1-4H3,(H,20,24)(H,21,25)/t11-,12-,13-,14-,15+/m0/s1. The van der Waals surface area contributed by atoms with Crippen LogP contribution >= 0.6 is 12.6 Å². The van der Waals surface area contributed by atoms with Gasteiger partial charge in [0.05, 0.1) is 7.11 Å². The third kappa shape index (κ3) is 6.60. The number of esters is 1. The van der Waals surface area contributed by atoms with Crippen molar-refractivity contribution >= 4 is 36.3 Å². The minimum absolute atomic E-state index is 0.225. The second-order valence-electron chi connectivity index (χ2n) is 7.27. The second-order valence-corrected chi connectivity index (χ2v) is 7.82. The quantitative estimate of drug-likeness (QED) is 0.282. The summed E-state index contributed by atoms with van der Waals surface area (Å²) in [6.07, 6.45) is 0.809. The molecule has 1 fully saturated rings. The fraction of sp³-hybridized carbons (Fsp3) is 0.789. The van der Waals surface area contributed by atoms with Crippen molar-refractivity contribution in [3.63, 3.8) is 0 Å². The SMILES string of the molecule is CCCNC(=O)[C@@H](O)[C@@H](S)C(=O)N[C@H](C(=O)N1CCC[C@H]1C(=O)OC)[C@@H](C)CC. The highest BCUT2D eigenvalue weighted by Gasteiger charge is 2.40. The van der Waals surface area contributed by atoms with Crippen LogP contribution in [0, 0.1) is 5.92 Å². The first kappa shape index (κ1) is 25.2. The van der Waals surface area contributed by atoms with Crippen LogP contribution in [0.1, 0.15) is 46.5 Å². The topological polar surface area (TPSA) is 125 Å². The van der Waals surface area contributed by atoms with Gasteiger partial charge in [0, 0.05) is 13.1 Å². The molecule has 5 atom stereocenters. The smallest absolute Gasteiger partial charge is 0.328 e. The van der Waals surface area contributed by atoms with Crippen molar-refractivity contribution in [3.05, 3.63) is 0 Å². The normalized spacial score (nSPS) is 20.3. The number of amides is 3. The maximum absolute atomic E-state index is 13.1. The average Bonchev–Trinajstić information content (AvgIpc) is 3.22. The monoisotopic (exact) mass is 431 g/mol. The number of nitrogens with one attached hydrogen (secondary N) is 2. The van der Waals surface area contributed by atoms with E-state index in [0.717, 1.165) is 0 Å². The Bertz CT molecular complexity index is 602. The number of likely N-dealkylation sites (tertiary alicyclic amines) is 1. The summed E-state index contributed by atoms with van der Waals surface area (Å²) in [5.74, 6) is -2.51. The molecule has 1 heterocycles. The minimum atomic E-state index is -1.65. The van der Waals surface area contributed by atoms with Crippen LogP contribution in [0.3, 0.4) is 0 Å². The zero-order chi connectivity index (χ0) is 22.1. The molecule has 0 unspecified atom stereocenters. The summed E-state index contributed by atoms with van der Waals surface area (Å²) in [6.45, 7) is 6.32. The molecule has 1 aliphatic rings. The van der Waals surface area contributed by atoms with E-state index < -0.39 is 41.2 Å². The third-order valence-electron chi connectivity index (χ3n) is 5.17. The largest absolute Gasteiger partial charge is 0.467 e. The highest BCUT2D eigenvalue weighted by atomic mass is 32.1. The molecule has 0 aromatic carbocycles. The lowest BCUT2D eigenvalue weighted by Crippen LogP contribution is -2.57. The predicted molar refractivity (Wildman–Crippen MR) is 110 cm³/mol. The van der Waals surface area contributed by atoms with E-state index in [1.165, 1.54) is 12.0 Å². The summed E-state index contributed by atoms with van der Waals surface area (Å²) in [5.41, 5.74) is 0. The van der Waals surface area contributed by atoms with E-state index in [0.29, 0.717) is 38.8 Å². The first-order valence-corrected chi connectivity index (χ1v) is 10.5. The van der Waals surface area contributed by atoms with E-state index in [2.05, 4.69) is 23.3 Å². The van der Waals surface area contributed by atoms with Gasteiger partial charge in [0.25, 0.3) is 5.91 Å². The molecule has 3 N–H and O–H groups in total. The maximum atomic E-state index is 13.1. The van der Waals surface area contributed by atoms with Gasteiger partial charge < -0.3 is 25.4 Å². The lowest BCUT2D eigenvalue weighted by atomic mass is 9.97. The van der Waals surface area contributed by atoms with Crippen LogP contribution in [0.5, 0.6) is 0 Å². The van der Waals surface area contributed by atoms with Crippen LogP contribution in [0.4, 0.5) is 0 Å². The maximum Gasteiger partial charge on any atom is 0.328 e. The molecule has 10 heteroatoms. The number of nitrogens with zero attached hydrogens (tertiary/aromatic N) is 1. The molecule has 1 aliphatic heterocycles. The van der Waals surface area contributed by atoms with Crippen molar-refractivity contribution in [1.29, 1.82) is 0 Å². The van der Waals surface area contributed by atoms with Crippen LogP contribution in [0.15, 0.2) is 0 Å². The van der Waals surface area contributed by atoms with Crippen molar-refractivity contribution in [3.8, 4) is 0 Å². The molecule has 1 saturated heterocycles. The van der Waals surface area contributed by atoms with E-state index in [9.17, 15) is 24.3 Å². The molecule has 0 aromatic heterocycles. The van der Waals surface area contributed by atoms with Crippen molar-refractivity contribution in [2.75, 3.05) is 20.2 Å². The van der Waals surface area contributed by atoms with Crippen molar-refractivity contribution in [2.45, 2.75) is 69.9 Å². The molecular weight excluding hydrogens is 398 g/mol. The van der Waals surface area contributed by atoms with Gasteiger partial charge >= 0.3 is 5.97 Å². The highest BCUT2D eigenvalue weighted by Crippen LogP contribution is 2.22. The van der Waals surface area contributed by atoms with Crippen molar-refractivity contribution in [1.82, 2.24) is 15.5 Å². The number of carbonyl (C=O) groups is 4. The Kier molecular flexibility index (Phi) is 10.5. The predicted octanol–water partition coefficient (Wildman–Crippen LogP) is -0.133. The molecule has 1 rings (SSSR count). The van der Waals surface area contributed by atoms with Crippen LogP contribution < -0.4 is 10.6 Å². The second kappa shape index (κ2) is 12.0. The van der Waals surface area contributed by atoms with Crippen LogP contribution in [0.2, 0.25) is 0 Å². The summed E-state index contributed by atoms with van der Waals surface area (Å²) in [6, 6.07) is -1.58. The molecule has 9 nitrogen and oxygen atoms in total. The van der Waals surface area contributed by atoms with Gasteiger partial charge in [0.1, 0.15) is 17.3 Å². The highest BCUT2D eigenvalue weighted by molar-refractivity contribution is 7.82.